The van der Waals surface area contributed by atoms with Crippen LogP contribution < -0.4 is 0 Å². The number of aliphatic carboxylic acids is 2. The molecule has 0 aromatic heterocycles. The Morgan fingerprint density at radius 3 is 1.61 bits per heavy atom. The summed E-state index contributed by atoms with van der Waals surface area (Å²) in [4.78, 5) is 24.5. The van der Waals surface area contributed by atoms with Crippen LogP contribution in [0, 0.1) is 16.7 Å². The fraction of sp³-hybridized carbons (Fsp3) is 0.917. The van der Waals surface area contributed by atoms with Gasteiger partial charge in [0.25, 0.3) is 0 Å². The zero-order chi connectivity index (χ0) is 21.0. The van der Waals surface area contributed by atoms with Gasteiger partial charge in [-0.3, -0.25) is 9.59 Å². The lowest BCUT2D eigenvalue weighted by Crippen LogP contribution is -2.54. The summed E-state index contributed by atoms with van der Waals surface area (Å²) in [6, 6.07) is 0. The summed E-state index contributed by atoms with van der Waals surface area (Å²) in [6.07, 6.45) is 15.1. The summed E-state index contributed by atoms with van der Waals surface area (Å²) in [5, 5.41) is 20.1. The summed E-state index contributed by atoms with van der Waals surface area (Å²) < 4.78 is 0. The maximum atomic E-state index is 12.3. The molecule has 0 aromatic carbocycles. The molecule has 1 rings (SSSR count). The summed E-state index contributed by atoms with van der Waals surface area (Å²) >= 11 is 0. The first-order chi connectivity index (χ1) is 13.3. The van der Waals surface area contributed by atoms with Crippen molar-refractivity contribution in [2.45, 2.75) is 124 Å². The van der Waals surface area contributed by atoms with Crippen LogP contribution in [0.5, 0.6) is 0 Å². The average molecular weight is 397 g/mol. The van der Waals surface area contributed by atoms with Gasteiger partial charge in [0.05, 0.1) is 10.8 Å². The summed E-state index contributed by atoms with van der Waals surface area (Å²) in [5.41, 5.74) is -2.16. The van der Waals surface area contributed by atoms with E-state index in [0.29, 0.717) is 25.7 Å². The van der Waals surface area contributed by atoms with Crippen molar-refractivity contribution in [3.63, 3.8) is 0 Å². The molecular formula is C24H44O4. The Labute approximate surface area is 172 Å². The van der Waals surface area contributed by atoms with Crippen LogP contribution in [-0.2, 0) is 9.59 Å². The molecule has 1 saturated carbocycles. The van der Waals surface area contributed by atoms with E-state index in [1.807, 2.05) is 6.92 Å². The predicted molar refractivity (Wildman–Crippen MR) is 115 cm³/mol. The number of hydrogen-bond donors (Lipinski definition) is 2. The van der Waals surface area contributed by atoms with Gasteiger partial charge in [-0.25, -0.2) is 0 Å². The van der Waals surface area contributed by atoms with Crippen molar-refractivity contribution >= 4 is 11.9 Å². The largest absolute Gasteiger partial charge is 0.481 e. The van der Waals surface area contributed by atoms with Gasteiger partial charge in [0.2, 0.25) is 0 Å². The number of carboxylic acid groups (broad SMARTS) is 2. The maximum Gasteiger partial charge on any atom is 0.310 e. The topological polar surface area (TPSA) is 74.6 Å². The van der Waals surface area contributed by atoms with Gasteiger partial charge in [-0.2, -0.15) is 0 Å². The van der Waals surface area contributed by atoms with Gasteiger partial charge in [0, 0.05) is 0 Å². The lowest BCUT2D eigenvalue weighted by Gasteiger charge is -2.48. The van der Waals surface area contributed by atoms with Crippen molar-refractivity contribution in [2.75, 3.05) is 0 Å². The van der Waals surface area contributed by atoms with E-state index in [0.717, 1.165) is 44.4 Å². The first kappa shape index (κ1) is 25.0. The summed E-state index contributed by atoms with van der Waals surface area (Å²) in [7, 11) is 0. The van der Waals surface area contributed by atoms with E-state index in [2.05, 4.69) is 13.8 Å². The third-order valence-corrected chi connectivity index (χ3v) is 7.00. The zero-order valence-electron chi connectivity index (χ0n) is 18.6. The second-order valence-corrected chi connectivity index (χ2v) is 9.49. The SMILES string of the molecule is CCCC1(C(=O)O)CCCCC1(CCCCCCCCCCC(C)C)C(=O)O. The minimum atomic E-state index is -1.08. The maximum absolute atomic E-state index is 12.3. The third kappa shape index (κ3) is 6.49. The van der Waals surface area contributed by atoms with Crippen molar-refractivity contribution in [2.24, 2.45) is 16.7 Å². The number of rotatable bonds is 15. The normalized spacial score (nSPS) is 25.1. The molecular weight excluding hydrogens is 352 g/mol. The van der Waals surface area contributed by atoms with E-state index in [1.54, 1.807) is 0 Å². The predicted octanol–water partition coefficient (Wildman–Crippen LogP) is 7.06. The van der Waals surface area contributed by atoms with Gasteiger partial charge in [0.1, 0.15) is 0 Å². The lowest BCUT2D eigenvalue weighted by atomic mass is 9.52. The molecule has 164 valence electrons. The van der Waals surface area contributed by atoms with E-state index in [-0.39, 0.29) is 0 Å². The highest BCUT2D eigenvalue weighted by Crippen LogP contribution is 2.56. The smallest absolute Gasteiger partial charge is 0.310 e. The molecule has 28 heavy (non-hydrogen) atoms. The van der Waals surface area contributed by atoms with Gasteiger partial charge in [-0.05, 0) is 31.6 Å². The van der Waals surface area contributed by atoms with Gasteiger partial charge in [0.15, 0.2) is 0 Å². The van der Waals surface area contributed by atoms with Crippen molar-refractivity contribution in [3.05, 3.63) is 0 Å². The molecule has 0 heterocycles. The molecule has 0 aromatic rings. The lowest BCUT2D eigenvalue weighted by molar-refractivity contribution is -0.182. The van der Waals surface area contributed by atoms with E-state index in [1.165, 1.54) is 38.5 Å². The van der Waals surface area contributed by atoms with Crippen LogP contribution in [0.15, 0.2) is 0 Å². The Balaban J connectivity index is 2.49. The highest BCUT2D eigenvalue weighted by atomic mass is 16.4. The first-order valence-electron chi connectivity index (χ1n) is 11.8. The molecule has 0 amide bonds. The number of carbonyl (C=O) groups is 2. The van der Waals surface area contributed by atoms with Crippen molar-refractivity contribution in [3.8, 4) is 0 Å². The van der Waals surface area contributed by atoms with Crippen LogP contribution >= 0.6 is 0 Å². The highest BCUT2D eigenvalue weighted by Gasteiger charge is 2.60. The van der Waals surface area contributed by atoms with Crippen molar-refractivity contribution in [1.29, 1.82) is 0 Å². The monoisotopic (exact) mass is 396 g/mol. The molecule has 4 nitrogen and oxygen atoms in total. The minimum absolute atomic E-state index is 0.477. The van der Waals surface area contributed by atoms with Crippen LogP contribution in [0.25, 0.3) is 0 Å². The summed E-state index contributed by atoms with van der Waals surface area (Å²) in [6.45, 7) is 6.51. The Hall–Kier alpha value is -1.06. The van der Waals surface area contributed by atoms with Crippen LogP contribution in [0.3, 0.4) is 0 Å². The molecule has 4 heteroatoms. The molecule has 2 N–H and O–H groups in total. The van der Waals surface area contributed by atoms with E-state index >= 15 is 0 Å². The second-order valence-electron chi connectivity index (χ2n) is 9.49. The molecule has 0 bridgehead atoms. The molecule has 0 saturated heterocycles. The Bertz CT molecular complexity index is 469. The summed E-state index contributed by atoms with van der Waals surface area (Å²) in [5.74, 6) is -0.974. The van der Waals surface area contributed by atoms with Gasteiger partial charge in [-0.1, -0.05) is 97.8 Å². The Morgan fingerprint density at radius 2 is 1.18 bits per heavy atom. The van der Waals surface area contributed by atoms with Gasteiger partial charge in [-0.15, -0.1) is 0 Å². The van der Waals surface area contributed by atoms with Crippen molar-refractivity contribution in [1.82, 2.24) is 0 Å². The molecule has 0 spiro atoms. The molecule has 1 aliphatic rings. The number of unbranched alkanes of at least 4 members (excludes halogenated alkanes) is 7. The quantitative estimate of drug-likeness (QED) is 0.291. The van der Waals surface area contributed by atoms with Crippen LogP contribution in [0.4, 0.5) is 0 Å². The Morgan fingerprint density at radius 1 is 0.750 bits per heavy atom. The molecule has 0 radical (unpaired) electrons. The first-order valence-corrected chi connectivity index (χ1v) is 11.8. The second kappa shape index (κ2) is 12.5. The fourth-order valence-electron chi connectivity index (χ4n) is 5.36. The van der Waals surface area contributed by atoms with Crippen LogP contribution in [-0.4, -0.2) is 22.2 Å². The van der Waals surface area contributed by atoms with Crippen molar-refractivity contribution < 1.29 is 19.8 Å². The van der Waals surface area contributed by atoms with E-state index < -0.39 is 22.8 Å². The molecule has 2 unspecified atom stereocenters. The molecule has 2 atom stereocenters. The number of carboxylic acids is 2. The number of hydrogen-bond acceptors (Lipinski definition) is 2. The standard InChI is InChI=1S/C24H44O4/c1-4-16-23(21(25)26)18-13-14-19-24(23,22(27)28)17-12-10-8-6-5-7-9-11-15-20(2)3/h20H,4-19H2,1-3H3,(H,25,26)(H,27,28). The van der Waals surface area contributed by atoms with Crippen LogP contribution in [0.2, 0.25) is 0 Å². The minimum Gasteiger partial charge on any atom is -0.481 e. The van der Waals surface area contributed by atoms with E-state index in [4.69, 9.17) is 0 Å². The van der Waals surface area contributed by atoms with E-state index in [9.17, 15) is 19.8 Å². The Kier molecular flexibility index (Phi) is 11.1. The molecule has 1 fully saturated rings. The highest BCUT2D eigenvalue weighted by molar-refractivity contribution is 5.87. The fourth-order valence-corrected chi connectivity index (χ4v) is 5.36. The zero-order valence-corrected chi connectivity index (χ0v) is 18.6. The van der Waals surface area contributed by atoms with Gasteiger partial charge < -0.3 is 10.2 Å². The van der Waals surface area contributed by atoms with Crippen LogP contribution in [0.1, 0.15) is 124 Å². The average Bonchev–Trinajstić information content (AvgIpc) is 2.64. The molecule has 0 aliphatic heterocycles. The third-order valence-electron chi connectivity index (χ3n) is 7.00. The van der Waals surface area contributed by atoms with Gasteiger partial charge >= 0.3 is 11.9 Å². The molecule has 1 aliphatic carbocycles.